The summed E-state index contributed by atoms with van der Waals surface area (Å²) in [6.07, 6.45) is 3.39. The number of hydrogen-bond donors (Lipinski definition) is 2. The number of ether oxygens (including phenoxy) is 1. The molecular formula is C16H20O5. The highest BCUT2D eigenvalue weighted by molar-refractivity contribution is 5.96. The second-order valence-electron chi connectivity index (χ2n) is 5.95. The summed E-state index contributed by atoms with van der Waals surface area (Å²) in [5.74, 6) is -1.84. The van der Waals surface area contributed by atoms with Gasteiger partial charge in [-0.2, -0.15) is 0 Å². The van der Waals surface area contributed by atoms with Gasteiger partial charge in [-0.25, -0.2) is 0 Å². The minimum Gasteiger partial charge on any atom is -0.508 e. The largest absolute Gasteiger partial charge is 0.508 e. The van der Waals surface area contributed by atoms with Gasteiger partial charge in [0.25, 0.3) is 0 Å². The second-order valence-corrected chi connectivity index (χ2v) is 5.95. The highest BCUT2D eigenvalue weighted by Gasteiger charge is 2.44. The third-order valence-corrected chi connectivity index (χ3v) is 4.67. The maximum Gasteiger partial charge on any atom is 0.312 e. The SMILES string of the molecule is COC(=O)C(C)C1=C[C@@]2(C)C(=C(O)C(=O)C[C@@H]2C)C=C1O. The van der Waals surface area contributed by atoms with Crippen LogP contribution >= 0.6 is 0 Å². The molecule has 114 valence electrons. The molecule has 2 aliphatic rings. The molecule has 5 nitrogen and oxygen atoms in total. The van der Waals surface area contributed by atoms with E-state index in [0.717, 1.165) is 0 Å². The lowest BCUT2D eigenvalue weighted by Gasteiger charge is -2.41. The number of hydrogen-bond acceptors (Lipinski definition) is 5. The van der Waals surface area contributed by atoms with E-state index in [4.69, 9.17) is 4.74 Å². The quantitative estimate of drug-likeness (QED) is 0.764. The van der Waals surface area contributed by atoms with Crippen LogP contribution in [0.5, 0.6) is 0 Å². The standard InChI is InChI=1S/C16H20O5/c1-8-5-13(18)14(19)11-6-12(17)10(7-16(8,11)3)9(2)15(20)21-4/h6-9,17,19H,5H2,1-4H3/t8-,9?,16+/m0/s1. The van der Waals surface area contributed by atoms with Gasteiger partial charge < -0.3 is 14.9 Å². The van der Waals surface area contributed by atoms with Gasteiger partial charge in [0, 0.05) is 23.0 Å². The number of Topliss-reactive ketones (excluding diaryl/α,β-unsaturated/α-hetero) is 1. The summed E-state index contributed by atoms with van der Waals surface area (Å²) >= 11 is 0. The Morgan fingerprint density at radius 2 is 2.10 bits per heavy atom. The van der Waals surface area contributed by atoms with Crippen molar-refractivity contribution >= 4 is 11.8 Å². The monoisotopic (exact) mass is 292 g/mol. The minimum absolute atomic E-state index is 0.0416. The summed E-state index contributed by atoms with van der Waals surface area (Å²) in [4.78, 5) is 23.5. The first-order valence-electron chi connectivity index (χ1n) is 6.91. The molecule has 2 rings (SSSR count). The van der Waals surface area contributed by atoms with Crippen molar-refractivity contribution in [3.63, 3.8) is 0 Å². The predicted octanol–water partition coefficient (Wildman–Crippen LogP) is 2.60. The van der Waals surface area contributed by atoms with Crippen molar-refractivity contribution in [1.82, 2.24) is 0 Å². The van der Waals surface area contributed by atoms with E-state index in [0.29, 0.717) is 11.1 Å². The molecule has 0 aromatic carbocycles. The van der Waals surface area contributed by atoms with Crippen LogP contribution in [-0.4, -0.2) is 29.1 Å². The van der Waals surface area contributed by atoms with Gasteiger partial charge in [-0.05, 0) is 18.9 Å². The van der Waals surface area contributed by atoms with Gasteiger partial charge in [0.05, 0.1) is 13.0 Å². The number of aliphatic hydroxyl groups excluding tert-OH is 2. The smallest absolute Gasteiger partial charge is 0.312 e. The number of esters is 1. The zero-order chi connectivity index (χ0) is 15.9. The van der Waals surface area contributed by atoms with Crippen molar-refractivity contribution < 1.29 is 24.5 Å². The molecule has 1 unspecified atom stereocenters. The Kier molecular flexibility index (Phi) is 3.70. The molecule has 0 aromatic heterocycles. The first kappa shape index (κ1) is 15.4. The second kappa shape index (κ2) is 5.06. The molecule has 2 aliphatic carbocycles. The first-order valence-corrected chi connectivity index (χ1v) is 6.91. The highest BCUT2D eigenvalue weighted by atomic mass is 16.5. The van der Waals surface area contributed by atoms with Gasteiger partial charge in [-0.15, -0.1) is 0 Å². The van der Waals surface area contributed by atoms with Gasteiger partial charge in [0.2, 0.25) is 0 Å². The maximum atomic E-state index is 11.8. The molecule has 0 amide bonds. The van der Waals surface area contributed by atoms with Gasteiger partial charge >= 0.3 is 5.97 Å². The molecule has 0 aliphatic heterocycles. The van der Waals surface area contributed by atoms with E-state index < -0.39 is 17.3 Å². The van der Waals surface area contributed by atoms with E-state index in [1.807, 2.05) is 13.8 Å². The zero-order valence-electron chi connectivity index (χ0n) is 12.6. The molecule has 0 radical (unpaired) electrons. The molecule has 0 saturated heterocycles. The summed E-state index contributed by atoms with van der Waals surface area (Å²) in [5.41, 5.74) is 0.272. The number of carbonyl (C=O) groups excluding carboxylic acids is 2. The van der Waals surface area contributed by atoms with E-state index in [-0.39, 0.29) is 29.6 Å². The van der Waals surface area contributed by atoms with Crippen molar-refractivity contribution in [2.45, 2.75) is 27.2 Å². The Hall–Kier alpha value is -2.04. The summed E-state index contributed by atoms with van der Waals surface area (Å²) < 4.78 is 4.71. The average Bonchev–Trinajstić information content (AvgIpc) is 2.45. The number of carbonyl (C=O) groups is 2. The Balaban J connectivity index is 2.56. The van der Waals surface area contributed by atoms with E-state index >= 15 is 0 Å². The molecule has 5 heteroatoms. The lowest BCUT2D eigenvalue weighted by atomic mass is 9.62. The van der Waals surface area contributed by atoms with Crippen molar-refractivity contribution in [2.75, 3.05) is 7.11 Å². The Morgan fingerprint density at radius 3 is 2.67 bits per heavy atom. The molecule has 0 aromatic rings. The number of ketones is 1. The lowest BCUT2D eigenvalue weighted by molar-refractivity contribution is -0.143. The molecule has 0 saturated carbocycles. The van der Waals surface area contributed by atoms with Gasteiger partial charge in [-0.3, -0.25) is 9.59 Å². The fourth-order valence-electron chi connectivity index (χ4n) is 2.97. The van der Waals surface area contributed by atoms with Crippen LogP contribution in [0, 0.1) is 17.3 Å². The molecule has 2 N–H and O–H groups in total. The van der Waals surface area contributed by atoms with Gasteiger partial charge in [-0.1, -0.05) is 19.9 Å². The fourth-order valence-corrected chi connectivity index (χ4v) is 2.97. The summed E-state index contributed by atoms with van der Waals surface area (Å²) in [6.45, 7) is 5.46. The van der Waals surface area contributed by atoms with E-state index in [2.05, 4.69) is 0 Å². The first-order chi connectivity index (χ1) is 9.72. The van der Waals surface area contributed by atoms with E-state index in [1.165, 1.54) is 13.2 Å². The number of methoxy groups -OCH3 is 1. The Labute approximate surface area is 123 Å². The number of allylic oxidation sites excluding steroid dienone is 5. The number of fused-ring (bicyclic) bond motifs is 1. The lowest BCUT2D eigenvalue weighted by Crippen LogP contribution is -2.37. The van der Waals surface area contributed by atoms with E-state index in [9.17, 15) is 19.8 Å². The van der Waals surface area contributed by atoms with Crippen LogP contribution in [0.1, 0.15) is 27.2 Å². The number of aliphatic hydroxyl groups is 2. The minimum atomic E-state index is -0.614. The van der Waals surface area contributed by atoms with Crippen LogP contribution in [0.2, 0.25) is 0 Å². The Morgan fingerprint density at radius 1 is 1.48 bits per heavy atom. The third kappa shape index (κ3) is 2.26. The average molecular weight is 292 g/mol. The van der Waals surface area contributed by atoms with Crippen LogP contribution in [0.3, 0.4) is 0 Å². The summed E-state index contributed by atoms with van der Waals surface area (Å²) in [6, 6.07) is 0. The fraction of sp³-hybridized carbons (Fsp3) is 0.500. The highest BCUT2D eigenvalue weighted by Crippen LogP contribution is 2.49. The molecule has 0 bridgehead atoms. The number of rotatable bonds is 2. The predicted molar refractivity (Wildman–Crippen MR) is 76.5 cm³/mol. The molecule has 0 heterocycles. The van der Waals surface area contributed by atoms with Crippen LogP contribution in [-0.2, 0) is 14.3 Å². The molecule has 21 heavy (non-hydrogen) atoms. The van der Waals surface area contributed by atoms with Gasteiger partial charge in [0.1, 0.15) is 5.76 Å². The molecular weight excluding hydrogens is 272 g/mol. The van der Waals surface area contributed by atoms with Crippen LogP contribution < -0.4 is 0 Å². The topological polar surface area (TPSA) is 83.8 Å². The van der Waals surface area contributed by atoms with Crippen LogP contribution in [0.25, 0.3) is 0 Å². The van der Waals surface area contributed by atoms with Crippen molar-refractivity contribution in [3.8, 4) is 0 Å². The van der Waals surface area contributed by atoms with Gasteiger partial charge in [0.15, 0.2) is 11.5 Å². The third-order valence-electron chi connectivity index (χ3n) is 4.67. The van der Waals surface area contributed by atoms with E-state index in [1.54, 1.807) is 13.0 Å². The van der Waals surface area contributed by atoms with Crippen LogP contribution in [0.4, 0.5) is 0 Å². The maximum absolute atomic E-state index is 11.8. The van der Waals surface area contributed by atoms with Crippen molar-refractivity contribution in [2.24, 2.45) is 17.3 Å². The molecule has 0 spiro atoms. The van der Waals surface area contributed by atoms with Crippen LogP contribution in [0.15, 0.2) is 34.8 Å². The van der Waals surface area contributed by atoms with Crippen molar-refractivity contribution in [1.29, 1.82) is 0 Å². The molecule has 3 atom stereocenters. The summed E-state index contributed by atoms with van der Waals surface area (Å²) in [5, 5.41) is 20.2. The van der Waals surface area contributed by atoms with Crippen molar-refractivity contribution in [3.05, 3.63) is 34.8 Å². The summed E-state index contributed by atoms with van der Waals surface area (Å²) in [7, 11) is 1.30. The molecule has 0 fully saturated rings. The zero-order valence-corrected chi connectivity index (χ0v) is 12.6. The normalized spacial score (nSPS) is 30.3. The Bertz CT molecular complexity index is 596.